The van der Waals surface area contributed by atoms with Crippen LogP contribution in [-0.4, -0.2) is 16.8 Å². The molecule has 0 unspecified atom stereocenters. The molecule has 0 aliphatic rings. The Morgan fingerprint density at radius 3 is 1.46 bits per heavy atom. The van der Waals surface area contributed by atoms with Crippen LogP contribution >= 0.6 is 22.7 Å². The van der Waals surface area contributed by atoms with Gasteiger partial charge in [0.2, 0.25) is 6.79 Å². The fourth-order valence-corrected chi connectivity index (χ4v) is 6.05. The monoisotopic (exact) mass is 568 g/mol. The standard InChI is InChI=1S/C33H20N4O2S2/c34-19-24(32-36-26-11-3-7-15-30(26)40-32)17-22-9-1-5-13-28(22)38-21-39-29-14-6-2-10-23(29)18-25(20-35)33-37-27-12-4-8-16-31(27)41-33/h1-18H,21H2/b24-17-,25-18+. The molecule has 0 amide bonds. The second kappa shape index (κ2) is 11.8. The van der Waals surface area contributed by atoms with Gasteiger partial charge in [0.15, 0.2) is 0 Å². The molecule has 41 heavy (non-hydrogen) atoms. The van der Waals surface area contributed by atoms with Crippen LogP contribution in [0.3, 0.4) is 0 Å². The van der Waals surface area contributed by atoms with Crippen LogP contribution in [0.15, 0.2) is 97.1 Å². The van der Waals surface area contributed by atoms with E-state index in [1.165, 1.54) is 22.7 Å². The maximum absolute atomic E-state index is 9.88. The molecule has 4 aromatic carbocycles. The molecule has 0 bridgehead atoms. The highest BCUT2D eigenvalue weighted by Gasteiger charge is 2.12. The Morgan fingerprint density at radius 2 is 1.02 bits per heavy atom. The minimum Gasteiger partial charge on any atom is -0.457 e. The quantitative estimate of drug-likeness (QED) is 0.135. The summed E-state index contributed by atoms with van der Waals surface area (Å²) in [5.41, 5.74) is 4.12. The molecule has 0 saturated carbocycles. The van der Waals surface area contributed by atoms with E-state index >= 15 is 0 Å². The summed E-state index contributed by atoms with van der Waals surface area (Å²) in [6, 6.07) is 35.1. The van der Waals surface area contributed by atoms with Gasteiger partial charge in [0.05, 0.1) is 31.6 Å². The van der Waals surface area contributed by atoms with Gasteiger partial charge in [-0.3, -0.25) is 0 Å². The fourth-order valence-electron chi connectivity index (χ4n) is 4.19. The van der Waals surface area contributed by atoms with E-state index in [2.05, 4.69) is 22.1 Å². The summed E-state index contributed by atoms with van der Waals surface area (Å²) in [6.45, 7) is -0.0677. The molecule has 0 saturated heterocycles. The first-order chi connectivity index (χ1) is 20.2. The zero-order valence-corrected chi connectivity index (χ0v) is 23.2. The Kier molecular flexibility index (Phi) is 7.51. The number of nitrogens with zero attached hydrogens (tertiary/aromatic N) is 4. The molecule has 0 N–H and O–H groups in total. The van der Waals surface area contributed by atoms with Gasteiger partial charge in [-0.05, 0) is 48.6 Å². The summed E-state index contributed by atoms with van der Waals surface area (Å²) < 4.78 is 14.1. The third-order valence-electron chi connectivity index (χ3n) is 6.16. The molecule has 8 heteroatoms. The second-order valence-electron chi connectivity index (χ2n) is 8.80. The minimum atomic E-state index is -0.0677. The molecule has 6 aromatic rings. The number of nitriles is 2. The van der Waals surface area contributed by atoms with E-state index in [4.69, 9.17) is 9.47 Å². The molecule has 0 fully saturated rings. The summed E-state index contributed by atoms with van der Waals surface area (Å²) in [5.74, 6) is 1.14. The number of para-hydroxylation sites is 4. The summed E-state index contributed by atoms with van der Waals surface area (Å²) in [4.78, 5) is 9.23. The number of allylic oxidation sites excluding steroid dienone is 2. The Bertz CT molecular complexity index is 1810. The highest BCUT2D eigenvalue weighted by molar-refractivity contribution is 7.20. The predicted octanol–water partition coefficient (Wildman–Crippen LogP) is 8.45. The summed E-state index contributed by atoms with van der Waals surface area (Å²) in [7, 11) is 0. The molecule has 6 rings (SSSR count). The molecule has 2 aromatic heterocycles. The van der Waals surface area contributed by atoms with Gasteiger partial charge in [0.25, 0.3) is 0 Å². The van der Waals surface area contributed by atoms with Crippen molar-refractivity contribution in [2.24, 2.45) is 0 Å². The van der Waals surface area contributed by atoms with Crippen molar-refractivity contribution in [2.45, 2.75) is 0 Å². The van der Waals surface area contributed by atoms with Crippen molar-refractivity contribution in [1.29, 1.82) is 10.5 Å². The summed E-state index contributed by atoms with van der Waals surface area (Å²) >= 11 is 2.96. The molecule has 0 spiro atoms. The van der Waals surface area contributed by atoms with Crippen molar-refractivity contribution >= 4 is 66.4 Å². The number of fused-ring (bicyclic) bond motifs is 2. The van der Waals surface area contributed by atoms with E-state index in [9.17, 15) is 10.5 Å². The summed E-state index contributed by atoms with van der Waals surface area (Å²) in [5, 5.41) is 21.1. The minimum absolute atomic E-state index is 0.0677. The third kappa shape index (κ3) is 5.70. The highest BCUT2D eigenvalue weighted by Crippen LogP contribution is 2.32. The molecule has 0 aliphatic heterocycles. The lowest BCUT2D eigenvalue weighted by Crippen LogP contribution is -2.07. The lowest BCUT2D eigenvalue weighted by atomic mass is 10.1. The van der Waals surface area contributed by atoms with Gasteiger partial charge in [0, 0.05) is 11.1 Å². The van der Waals surface area contributed by atoms with E-state index in [-0.39, 0.29) is 6.79 Å². The van der Waals surface area contributed by atoms with Crippen molar-refractivity contribution in [3.8, 4) is 23.6 Å². The molecular weight excluding hydrogens is 549 g/mol. The highest BCUT2D eigenvalue weighted by atomic mass is 32.1. The fraction of sp³-hybridized carbons (Fsp3) is 0.0303. The van der Waals surface area contributed by atoms with Crippen molar-refractivity contribution in [2.75, 3.05) is 6.79 Å². The Hall–Kier alpha value is -5.28. The predicted molar refractivity (Wildman–Crippen MR) is 165 cm³/mol. The maximum Gasteiger partial charge on any atom is 0.230 e. The lowest BCUT2D eigenvalue weighted by Gasteiger charge is -2.12. The van der Waals surface area contributed by atoms with Gasteiger partial charge in [-0.15, -0.1) is 22.7 Å². The topological polar surface area (TPSA) is 91.8 Å². The molecular formula is C33H20N4O2S2. The van der Waals surface area contributed by atoms with Crippen LogP contribution in [-0.2, 0) is 0 Å². The van der Waals surface area contributed by atoms with Gasteiger partial charge in [-0.25, -0.2) is 9.97 Å². The number of hydrogen-bond acceptors (Lipinski definition) is 8. The maximum atomic E-state index is 9.88. The molecule has 0 aliphatic carbocycles. The number of benzene rings is 4. The molecule has 0 atom stereocenters. The van der Waals surface area contributed by atoms with Crippen molar-refractivity contribution in [3.05, 3.63) is 118 Å². The van der Waals surface area contributed by atoms with Crippen LogP contribution in [0, 0.1) is 22.7 Å². The third-order valence-corrected chi connectivity index (χ3v) is 8.30. The smallest absolute Gasteiger partial charge is 0.230 e. The SMILES string of the molecule is N#C/C(=C/c1ccccc1OCOc1ccccc1/C=C(\C#N)c1nc2ccccc2s1)c1nc2ccccc2s1. The number of rotatable bonds is 8. The second-order valence-corrected chi connectivity index (χ2v) is 10.9. The van der Waals surface area contributed by atoms with Gasteiger partial charge in [-0.2, -0.15) is 10.5 Å². The van der Waals surface area contributed by atoms with E-state index in [0.717, 1.165) is 31.6 Å². The number of hydrogen-bond donors (Lipinski definition) is 0. The van der Waals surface area contributed by atoms with Gasteiger partial charge in [0.1, 0.15) is 33.7 Å². The van der Waals surface area contributed by atoms with E-state index in [1.807, 2.05) is 97.1 Å². The Morgan fingerprint density at radius 1 is 0.610 bits per heavy atom. The summed E-state index contributed by atoms with van der Waals surface area (Å²) in [6.07, 6.45) is 3.56. The van der Waals surface area contributed by atoms with E-state index in [1.54, 1.807) is 12.2 Å². The van der Waals surface area contributed by atoms with Crippen LogP contribution in [0.4, 0.5) is 0 Å². The van der Waals surface area contributed by atoms with Crippen molar-refractivity contribution in [3.63, 3.8) is 0 Å². The van der Waals surface area contributed by atoms with Crippen molar-refractivity contribution in [1.82, 2.24) is 9.97 Å². The molecule has 6 nitrogen and oxygen atoms in total. The van der Waals surface area contributed by atoms with Crippen LogP contribution in [0.25, 0.3) is 43.7 Å². The normalized spacial score (nSPS) is 11.8. The van der Waals surface area contributed by atoms with Crippen LogP contribution in [0.5, 0.6) is 11.5 Å². The van der Waals surface area contributed by atoms with Gasteiger partial charge >= 0.3 is 0 Å². The van der Waals surface area contributed by atoms with Gasteiger partial charge < -0.3 is 9.47 Å². The van der Waals surface area contributed by atoms with Crippen LogP contribution in [0.1, 0.15) is 21.1 Å². The largest absolute Gasteiger partial charge is 0.457 e. The van der Waals surface area contributed by atoms with Crippen LogP contribution < -0.4 is 9.47 Å². The van der Waals surface area contributed by atoms with Crippen LogP contribution in [0.2, 0.25) is 0 Å². The number of thiazole rings is 2. The first-order valence-electron chi connectivity index (χ1n) is 12.6. The lowest BCUT2D eigenvalue weighted by molar-refractivity contribution is 0.119. The first kappa shape index (κ1) is 26.0. The molecule has 196 valence electrons. The average Bonchev–Trinajstić information content (AvgIpc) is 3.64. The molecule has 0 radical (unpaired) electrons. The number of aromatic nitrogens is 2. The Labute approximate surface area is 244 Å². The number of ether oxygens (including phenoxy) is 2. The van der Waals surface area contributed by atoms with Crippen molar-refractivity contribution < 1.29 is 9.47 Å². The van der Waals surface area contributed by atoms with E-state index < -0.39 is 0 Å². The average molecular weight is 569 g/mol. The van der Waals surface area contributed by atoms with Gasteiger partial charge in [-0.1, -0.05) is 60.7 Å². The Balaban J connectivity index is 1.21. The molecule has 2 heterocycles. The zero-order valence-electron chi connectivity index (χ0n) is 21.5. The zero-order chi connectivity index (χ0) is 28.0. The first-order valence-corrected chi connectivity index (χ1v) is 14.2. The van der Waals surface area contributed by atoms with E-state index in [0.29, 0.717) is 32.7 Å².